The number of oxazole rings is 1. The second kappa shape index (κ2) is 7.77. The average Bonchev–Trinajstić information content (AvgIpc) is 2.72. The van der Waals surface area contributed by atoms with Crippen molar-refractivity contribution in [2.45, 2.75) is 63.5 Å². The first-order chi connectivity index (χ1) is 8.21. The normalized spacial score (nSPS) is 14.8. The van der Waals surface area contributed by atoms with E-state index in [1.54, 1.807) is 18.0 Å². The van der Waals surface area contributed by atoms with E-state index in [9.17, 15) is 0 Å². The molecule has 1 N–H and O–H groups in total. The summed E-state index contributed by atoms with van der Waals surface area (Å²) >= 11 is 1.76. The van der Waals surface area contributed by atoms with Crippen molar-refractivity contribution in [3.05, 3.63) is 12.0 Å². The molecule has 0 radical (unpaired) electrons. The first-order valence-corrected chi connectivity index (χ1v) is 7.41. The minimum Gasteiger partial charge on any atom is -0.440 e. The van der Waals surface area contributed by atoms with E-state index in [1.165, 1.54) is 12.8 Å². The molecule has 2 atom stereocenters. The molecular formula is C13H24N2OS. The Morgan fingerprint density at radius 1 is 1.41 bits per heavy atom. The Morgan fingerprint density at radius 3 is 2.65 bits per heavy atom. The highest BCUT2D eigenvalue weighted by atomic mass is 32.2. The first kappa shape index (κ1) is 14.6. The standard InChI is InChI=1S/C13H24N2OS/c1-5-8-11(14-7-3)12(6-2)17-13-15-10(4)9-16-13/h9,11-12,14H,5-8H2,1-4H3. The monoisotopic (exact) mass is 256 g/mol. The topological polar surface area (TPSA) is 38.1 Å². The van der Waals surface area contributed by atoms with Crippen molar-refractivity contribution < 1.29 is 4.42 Å². The van der Waals surface area contributed by atoms with E-state index >= 15 is 0 Å². The van der Waals surface area contributed by atoms with Gasteiger partial charge in [0.05, 0.1) is 5.69 Å². The van der Waals surface area contributed by atoms with E-state index in [-0.39, 0.29) is 0 Å². The van der Waals surface area contributed by atoms with E-state index in [0.29, 0.717) is 11.3 Å². The van der Waals surface area contributed by atoms with Crippen LogP contribution in [-0.2, 0) is 0 Å². The summed E-state index contributed by atoms with van der Waals surface area (Å²) in [4.78, 5) is 4.37. The highest BCUT2D eigenvalue weighted by Crippen LogP contribution is 2.28. The van der Waals surface area contributed by atoms with Gasteiger partial charge in [-0.05, 0) is 26.3 Å². The zero-order chi connectivity index (χ0) is 12.7. The molecule has 0 aliphatic rings. The van der Waals surface area contributed by atoms with Gasteiger partial charge in [-0.2, -0.15) is 0 Å². The van der Waals surface area contributed by atoms with Gasteiger partial charge in [-0.3, -0.25) is 0 Å². The van der Waals surface area contributed by atoms with Crippen molar-refractivity contribution in [2.75, 3.05) is 6.54 Å². The Bertz CT molecular complexity index is 308. The molecular weight excluding hydrogens is 232 g/mol. The van der Waals surface area contributed by atoms with Crippen LogP contribution < -0.4 is 5.32 Å². The highest BCUT2D eigenvalue weighted by Gasteiger charge is 2.21. The van der Waals surface area contributed by atoms with Crippen molar-refractivity contribution in [3.63, 3.8) is 0 Å². The van der Waals surface area contributed by atoms with Gasteiger partial charge in [0.2, 0.25) is 0 Å². The van der Waals surface area contributed by atoms with Crippen molar-refractivity contribution in [1.82, 2.24) is 10.3 Å². The van der Waals surface area contributed by atoms with Crippen LogP contribution in [0.25, 0.3) is 0 Å². The Kier molecular flexibility index (Phi) is 6.66. The Labute approximate surface area is 109 Å². The Hall–Kier alpha value is -0.480. The van der Waals surface area contributed by atoms with E-state index in [2.05, 4.69) is 31.1 Å². The summed E-state index contributed by atoms with van der Waals surface area (Å²) in [5, 5.41) is 4.91. The number of aryl methyl sites for hydroxylation is 1. The molecule has 3 nitrogen and oxygen atoms in total. The largest absolute Gasteiger partial charge is 0.440 e. The van der Waals surface area contributed by atoms with Gasteiger partial charge in [0.15, 0.2) is 0 Å². The highest BCUT2D eigenvalue weighted by molar-refractivity contribution is 7.99. The lowest BCUT2D eigenvalue weighted by molar-refractivity contribution is 0.439. The molecule has 1 rings (SSSR count). The molecule has 0 spiro atoms. The van der Waals surface area contributed by atoms with Gasteiger partial charge >= 0.3 is 0 Å². The second-order valence-electron chi connectivity index (χ2n) is 4.27. The quantitative estimate of drug-likeness (QED) is 0.721. The van der Waals surface area contributed by atoms with Crippen LogP contribution in [0.15, 0.2) is 15.9 Å². The van der Waals surface area contributed by atoms with Gasteiger partial charge in [0, 0.05) is 11.3 Å². The molecule has 1 heterocycles. The molecule has 0 aromatic carbocycles. The molecule has 0 aliphatic heterocycles. The molecule has 2 unspecified atom stereocenters. The number of hydrogen-bond donors (Lipinski definition) is 1. The zero-order valence-electron chi connectivity index (χ0n) is 11.3. The second-order valence-corrected chi connectivity index (χ2v) is 5.46. The maximum atomic E-state index is 5.43. The van der Waals surface area contributed by atoms with Crippen LogP contribution in [0.4, 0.5) is 0 Å². The van der Waals surface area contributed by atoms with Gasteiger partial charge in [0.25, 0.3) is 5.22 Å². The first-order valence-electron chi connectivity index (χ1n) is 6.53. The summed E-state index contributed by atoms with van der Waals surface area (Å²) in [6, 6.07) is 0.548. The van der Waals surface area contributed by atoms with E-state index in [4.69, 9.17) is 4.42 Å². The fourth-order valence-corrected chi connectivity index (χ4v) is 3.08. The molecule has 0 aliphatic carbocycles. The molecule has 1 aromatic heterocycles. The van der Waals surface area contributed by atoms with Crippen LogP contribution in [0, 0.1) is 6.92 Å². The number of rotatable bonds is 8. The minimum absolute atomic E-state index is 0.535. The lowest BCUT2D eigenvalue weighted by Crippen LogP contribution is -2.37. The van der Waals surface area contributed by atoms with E-state index in [1.807, 2.05) is 6.92 Å². The van der Waals surface area contributed by atoms with Crippen LogP contribution in [0.5, 0.6) is 0 Å². The molecule has 0 amide bonds. The van der Waals surface area contributed by atoms with Crippen molar-refractivity contribution in [2.24, 2.45) is 0 Å². The molecule has 1 aromatic rings. The maximum absolute atomic E-state index is 5.43. The number of thioether (sulfide) groups is 1. The van der Waals surface area contributed by atoms with Crippen LogP contribution in [0.1, 0.15) is 45.7 Å². The van der Waals surface area contributed by atoms with Crippen LogP contribution >= 0.6 is 11.8 Å². The molecule has 98 valence electrons. The third kappa shape index (κ3) is 4.72. The summed E-state index contributed by atoms with van der Waals surface area (Å²) in [6.07, 6.45) is 5.26. The predicted octanol–water partition coefficient (Wildman–Crippen LogP) is 3.63. The van der Waals surface area contributed by atoms with Crippen LogP contribution in [0.3, 0.4) is 0 Å². The maximum Gasteiger partial charge on any atom is 0.256 e. The SMILES string of the molecule is CCCC(NCC)C(CC)Sc1nc(C)co1. The van der Waals surface area contributed by atoms with Crippen molar-refractivity contribution in [1.29, 1.82) is 0 Å². The van der Waals surface area contributed by atoms with Crippen LogP contribution in [0.2, 0.25) is 0 Å². The molecule has 17 heavy (non-hydrogen) atoms. The third-order valence-corrected chi connectivity index (χ3v) is 4.12. The summed E-state index contributed by atoms with van der Waals surface area (Å²) in [7, 11) is 0. The zero-order valence-corrected chi connectivity index (χ0v) is 12.1. The summed E-state index contributed by atoms with van der Waals surface area (Å²) in [5.74, 6) is 0. The van der Waals surface area contributed by atoms with E-state index in [0.717, 1.165) is 23.9 Å². The summed E-state index contributed by atoms with van der Waals surface area (Å²) in [6.45, 7) is 9.61. The summed E-state index contributed by atoms with van der Waals surface area (Å²) < 4.78 is 5.43. The molecule has 4 heteroatoms. The Morgan fingerprint density at radius 2 is 2.18 bits per heavy atom. The van der Waals surface area contributed by atoms with Gasteiger partial charge in [-0.15, -0.1) is 0 Å². The van der Waals surface area contributed by atoms with Gasteiger partial charge in [-0.25, -0.2) is 4.98 Å². The number of hydrogen-bond acceptors (Lipinski definition) is 4. The Balaban J connectivity index is 2.61. The smallest absolute Gasteiger partial charge is 0.256 e. The number of nitrogens with zero attached hydrogens (tertiary/aromatic N) is 1. The molecule has 0 saturated heterocycles. The van der Waals surface area contributed by atoms with Gasteiger partial charge in [0.1, 0.15) is 6.26 Å². The number of nitrogens with one attached hydrogen (secondary N) is 1. The minimum atomic E-state index is 0.535. The van der Waals surface area contributed by atoms with Crippen LogP contribution in [-0.4, -0.2) is 22.8 Å². The predicted molar refractivity (Wildman–Crippen MR) is 73.5 cm³/mol. The fraction of sp³-hybridized carbons (Fsp3) is 0.769. The third-order valence-electron chi connectivity index (χ3n) is 2.77. The molecule has 0 fully saturated rings. The average molecular weight is 256 g/mol. The molecule has 0 bridgehead atoms. The fourth-order valence-electron chi connectivity index (χ4n) is 1.96. The molecule has 0 saturated carbocycles. The van der Waals surface area contributed by atoms with Crippen molar-refractivity contribution in [3.8, 4) is 0 Å². The lowest BCUT2D eigenvalue weighted by Gasteiger charge is -2.25. The lowest BCUT2D eigenvalue weighted by atomic mass is 10.1. The van der Waals surface area contributed by atoms with Gasteiger partial charge < -0.3 is 9.73 Å². The number of aromatic nitrogens is 1. The van der Waals surface area contributed by atoms with Gasteiger partial charge in [-0.1, -0.05) is 39.0 Å². The van der Waals surface area contributed by atoms with E-state index < -0.39 is 0 Å². The summed E-state index contributed by atoms with van der Waals surface area (Å²) in [5.41, 5.74) is 0.956. The van der Waals surface area contributed by atoms with Crippen molar-refractivity contribution >= 4 is 11.8 Å².